The van der Waals surface area contributed by atoms with Crippen molar-refractivity contribution in [1.82, 2.24) is 4.98 Å². The highest BCUT2D eigenvalue weighted by Gasteiger charge is 2.12. The quantitative estimate of drug-likeness (QED) is 0.687. The molecule has 82 valence electrons. The highest BCUT2D eigenvalue weighted by Crippen LogP contribution is 2.16. The van der Waals surface area contributed by atoms with Gasteiger partial charge in [0.15, 0.2) is 0 Å². The van der Waals surface area contributed by atoms with Crippen LogP contribution in [-0.2, 0) is 0 Å². The monoisotopic (exact) mass is 210 g/mol. The van der Waals surface area contributed by atoms with Crippen molar-refractivity contribution in [2.24, 2.45) is 0 Å². The average Bonchev–Trinajstić information content (AvgIpc) is 2.17. The Labute approximate surface area is 87.8 Å². The third-order valence-electron chi connectivity index (χ3n) is 1.95. The van der Waals surface area contributed by atoms with Gasteiger partial charge >= 0.3 is 5.97 Å². The maximum atomic E-state index is 10.9. The van der Waals surface area contributed by atoms with Crippen molar-refractivity contribution in [2.75, 3.05) is 11.9 Å². The Balaban J connectivity index is 3.02. The van der Waals surface area contributed by atoms with Gasteiger partial charge in [-0.05, 0) is 19.9 Å². The van der Waals surface area contributed by atoms with E-state index in [0.29, 0.717) is 5.69 Å². The Bertz CT molecular complexity index is 366. The van der Waals surface area contributed by atoms with Crippen molar-refractivity contribution in [3.8, 4) is 0 Å². The molecule has 0 aromatic carbocycles. The van der Waals surface area contributed by atoms with E-state index in [0.717, 1.165) is 5.69 Å². The Morgan fingerprint density at radius 2 is 2.33 bits per heavy atom. The first-order valence-corrected chi connectivity index (χ1v) is 4.62. The number of aliphatic hydroxyl groups excluding tert-OH is 1. The van der Waals surface area contributed by atoms with Crippen LogP contribution in [0.3, 0.4) is 0 Å². The summed E-state index contributed by atoms with van der Waals surface area (Å²) < 4.78 is 0. The number of carbonyl (C=O) groups is 1. The second kappa shape index (κ2) is 4.75. The Kier molecular flexibility index (Phi) is 3.62. The molecule has 15 heavy (non-hydrogen) atoms. The third-order valence-corrected chi connectivity index (χ3v) is 1.95. The average molecular weight is 210 g/mol. The molecule has 0 amide bonds. The number of carboxylic acids is 1. The molecule has 0 aliphatic rings. The lowest BCUT2D eigenvalue weighted by Gasteiger charge is -2.14. The predicted molar refractivity (Wildman–Crippen MR) is 56.1 cm³/mol. The molecule has 5 nitrogen and oxygen atoms in total. The van der Waals surface area contributed by atoms with Gasteiger partial charge in [0.2, 0.25) is 0 Å². The molecule has 0 aliphatic heterocycles. The predicted octanol–water partition coefficient (Wildman–Crippen LogP) is 0.881. The van der Waals surface area contributed by atoms with Crippen LogP contribution in [0.2, 0.25) is 0 Å². The lowest BCUT2D eigenvalue weighted by atomic mass is 10.2. The highest BCUT2D eigenvalue weighted by molar-refractivity contribution is 5.93. The number of pyridine rings is 1. The summed E-state index contributed by atoms with van der Waals surface area (Å²) in [4.78, 5) is 14.8. The topological polar surface area (TPSA) is 82.5 Å². The molecule has 3 N–H and O–H groups in total. The van der Waals surface area contributed by atoms with Crippen molar-refractivity contribution in [3.63, 3.8) is 0 Å². The minimum absolute atomic E-state index is 0.0551. The van der Waals surface area contributed by atoms with Gasteiger partial charge in [-0.2, -0.15) is 0 Å². The largest absolute Gasteiger partial charge is 0.478 e. The van der Waals surface area contributed by atoms with E-state index < -0.39 is 5.97 Å². The molecule has 0 saturated heterocycles. The molecule has 1 rings (SSSR count). The van der Waals surface area contributed by atoms with Crippen LogP contribution < -0.4 is 5.32 Å². The van der Waals surface area contributed by atoms with Crippen LogP contribution in [0.5, 0.6) is 0 Å². The van der Waals surface area contributed by atoms with Crippen LogP contribution in [0.15, 0.2) is 12.3 Å². The van der Waals surface area contributed by atoms with Crippen LogP contribution in [-0.4, -0.2) is 33.8 Å². The highest BCUT2D eigenvalue weighted by atomic mass is 16.4. The number of hydrogen-bond donors (Lipinski definition) is 3. The first-order valence-electron chi connectivity index (χ1n) is 4.62. The summed E-state index contributed by atoms with van der Waals surface area (Å²) in [6.45, 7) is 3.49. The van der Waals surface area contributed by atoms with E-state index in [1.165, 1.54) is 6.20 Å². The standard InChI is InChI=1S/C10H14N2O3/c1-6-3-9(12-7(2)5-13)8(4-11-6)10(14)15/h3-4,7,13H,5H2,1-2H3,(H,11,12)(H,14,15). The molecule has 1 unspecified atom stereocenters. The minimum atomic E-state index is -1.03. The van der Waals surface area contributed by atoms with Gasteiger partial charge in [0.05, 0.1) is 12.3 Å². The second-order valence-electron chi connectivity index (χ2n) is 3.40. The molecule has 0 fully saturated rings. The van der Waals surface area contributed by atoms with Crippen LogP contribution >= 0.6 is 0 Å². The number of nitrogens with zero attached hydrogens (tertiary/aromatic N) is 1. The molecule has 0 spiro atoms. The number of hydrogen-bond acceptors (Lipinski definition) is 4. The van der Waals surface area contributed by atoms with Gasteiger partial charge in [-0.25, -0.2) is 4.79 Å². The Morgan fingerprint density at radius 3 is 2.87 bits per heavy atom. The first kappa shape index (κ1) is 11.5. The minimum Gasteiger partial charge on any atom is -0.478 e. The molecule has 0 radical (unpaired) electrons. The zero-order valence-corrected chi connectivity index (χ0v) is 8.69. The van der Waals surface area contributed by atoms with Crippen molar-refractivity contribution < 1.29 is 15.0 Å². The summed E-state index contributed by atoms with van der Waals surface area (Å²) in [7, 11) is 0. The lowest BCUT2D eigenvalue weighted by molar-refractivity contribution is 0.0697. The number of carboxylic acid groups (broad SMARTS) is 1. The van der Waals surface area contributed by atoms with Crippen molar-refractivity contribution in [3.05, 3.63) is 23.5 Å². The molecular weight excluding hydrogens is 196 g/mol. The molecular formula is C10H14N2O3. The van der Waals surface area contributed by atoms with E-state index in [1.807, 2.05) is 0 Å². The fourth-order valence-corrected chi connectivity index (χ4v) is 1.16. The van der Waals surface area contributed by atoms with E-state index in [2.05, 4.69) is 10.3 Å². The summed E-state index contributed by atoms with van der Waals surface area (Å²) in [5, 5.41) is 20.7. The van der Waals surface area contributed by atoms with E-state index >= 15 is 0 Å². The van der Waals surface area contributed by atoms with E-state index in [9.17, 15) is 4.79 Å². The molecule has 0 aliphatic carbocycles. The second-order valence-corrected chi connectivity index (χ2v) is 3.40. The molecule has 0 bridgehead atoms. The Hall–Kier alpha value is -1.62. The summed E-state index contributed by atoms with van der Waals surface area (Å²) in [6, 6.07) is 1.46. The number of rotatable bonds is 4. The van der Waals surface area contributed by atoms with Crippen LogP contribution in [0.4, 0.5) is 5.69 Å². The SMILES string of the molecule is Cc1cc(NC(C)CO)c(C(=O)O)cn1. The number of anilines is 1. The van der Waals surface area contributed by atoms with Gasteiger partial charge in [0, 0.05) is 17.9 Å². The van der Waals surface area contributed by atoms with E-state index in [4.69, 9.17) is 10.2 Å². The maximum Gasteiger partial charge on any atom is 0.339 e. The van der Waals surface area contributed by atoms with E-state index in [1.54, 1.807) is 19.9 Å². The maximum absolute atomic E-state index is 10.9. The van der Waals surface area contributed by atoms with Crippen LogP contribution in [0.25, 0.3) is 0 Å². The number of aryl methyl sites for hydroxylation is 1. The summed E-state index contributed by atoms with van der Waals surface area (Å²) in [6.07, 6.45) is 1.31. The van der Waals surface area contributed by atoms with Crippen molar-refractivity contribution in [1.29, 1.82) is 0 Å². The number of aromatic carboxylic acids is 1. The molecule has 1 aromatic rings. The van der Waals surface area contributed by atoms with E-state index in [-0.39, 0.29) is 18.2 Å². The molecule has 1 atom stereocenters. The van der Waals surface area contributed by atoms with Gasteiger partial charge < -0.3 is 15.5 Å². The van der Waals surface area contributed by atoms with Gasteiger partial charge in [-0.15, -0.1) is 0 Å². The number of nitrogens with one attached hydrogen (secondary N) is 1. The normalized spacial score (nSPS) is 12.2. The molecule has 0 saturated carbocycles. The van der Waals surface area contributed by atoms with Crippen molar-refractivity contribution in [2.45, 2.75) is 19.9 Å². The smallest absolute Gasteiger partial charge is 0.339 e. The van der Waals surface area contributed by atoms with Crippen LogP contribution in [0.1, 0.15) is 23.0 Å². The zero-order valence-electron chi connectivity index (χ0n) is 8.69. The Morgan fingerprint density at radius 1 is 1.67 bits per heavy atom. The molecule has 1 aromatic heterocycles. The van der Waals surface area contributed by atoms with Gasteiger partial charge in [-0.1, -0.05) is 0 Å². The summed E-state index contributed by atoms with van der Waals surface area (Å²) in [5.41, 5.74) is 1.32. The summed E-state index contributed by atoms with van der Waals surface area (Å²) >= 11 is 0. The summed E-state index contributed by atoms with van der Waals surface area (Å²) in [5.74, 6) is -1.03. The van der Waals surface area contributed by atoms with Gasteiger partial charge in [-0.3, -0.25) is 4.98 Å². The first-order chi connectivity index (χ1) is 7.04. The van der Waals surface area contributed by atoms with Gasteiger partial charge in [0.25, 0.3) is 0 Å². The fraction of sp³-hybridized carbons (Fsp3) is 0.400. The van der Waals surface area contributed by atoms with Crippen molar-refractivity contribution >= 4 is 11.7 Å². The zero-order chi connectivity index (χ0) is 11.4. The number of aliphatic hydroxyl groups is 1. The fourth-order valence-electron chi connectivity index (χ4n) is 1.16. The van der Waals surface area contributed by atoms with Crippen LogP contribution in [0, 0.1) is 6.92 Å². The number of aromatic nitrogens is 1. The molecule has 1 heterocycles. The van der Waals surface area contributed by atoms with Gasteiger partial charge in [0.1, 0.15) is 5.56 Å². The molecule has 5 heteroatoms. The third kappa shape index (κ3) is 2.92. The lowest BCUT2D eigenvalue weighted by Crippen LogP contribution is -2.21.